The third kappa shape index (κ3) is 2.26. The summed E-state index contributed by atoms with van der Waals surface area (Å²) in [5, 5.41) is 9.57. The van der Waals surface area contributed by atoms with Crippen LogP contribution in [0.3, 0.4) is 0 Å². The van der Waals surface area contributed by atoms with Crippen LogP contribution in [0.25, 0.3) is 6.08 Å². The van der Waals surface area contributed by atoms with Crippen molar-refractivity contribution in [1.82, 2.24) is 0 Å². The molecule has 14 heavy (non-hydrogen) atoms. The Balaban J connectivity index is 3.03. The second-order valence-corrected chi connectivity index (χ2v) is 2.63. The van der Waals surface area contributed by atoms with Gasteiger partial charge in [0.2, 0.25) is 5.91 Å². The van der Waals surface area contributed by atoms with Crippen molar-refractivity contribution >= 4 is 12.0 Å². The third-order valence-electron chi connectivity index (χ3n) is 1.68. The van der Waals surface area contributed by atoms with E-state index in [-0.39, 0.29) is 5.75 Å². The Morgan fingerprint density at radius 3 is 2.86 bits per heavy atom. The highest BCUT2D eigenvalue weighted by Crippen LogP contribution is 2.29. The first-order valence-corrected chi connectivity index (χ1v) is 3.98. The number of carbonyl (C=O) groups excluding carboxylic acids is 1. The monoisotopic (exact) mass is 193 g/mol. The van der Waals surface area contributed by atoms with Crippen LogP contribution in [0.2, 0.25) is 0 Å². The van der Waals surface area contributed by atoms with Crippen LogP contribution in [-0.4, -0.2) is 18.1 Å². The second-order valence-electron chi connectivity index (χ2n) is 2.63. The highest BCUT2D eigenvalue weighted by molar-refractivity contribution is 5.90. The first-order chi connectivity index (χ1) is 6.65. The minimum atomic E-state index is -0.563. The van der Waals surface area contributed by atoms with E-state index >= 15 is 0 Å². The molecule has 0 atom stereocenters. The fourth-order valence-corrected chi connectivity index (χ4v) is 1.01. The molecule has 0 aliphatic carbocycles. The quantitative estimate of drug-likeness (QED) is 0.700. The number of benzene rings is 1. The van der Waals surface area contributed by atoms with Gasteiger partial charge >= 0.3 is 0 Å². The number of methoxy groups -OCH3 is 1. The molecule has 0 heterocycles. The summed E-state index contributed by atoms with van der Waals surface area (Å²) < 4.78 is 4.89. The molecule has 0 saturated carbocycles. The van der Waals surface area contributed by atoms with Gasteiger partial charge in [0.05, 0.1) is 7.11 Å². The van der Waals surface area contributed by atoms with Crippen molar-refractivity contribution in [2.24, 2.45) is 5.73 Å². The number of para-hydroxylation sites is 1. The Hall–Kier alpha value is -1.97. The van der Waals surface area contributed by atoms with Gasteiger partial charge in [0, 0.05) is 11.6 Å². The average Bonchev–Trinajstić information content (AvgIpc) is 2.16. The Bertz CT molecular complexity index is 372. The van der Waals surface area contributed by atoms with Gasteiger partial charge in [0.1, 0.15) is 0 Å². The van der Waals surface area contributed by atoms with Crippen LogP contribution in [-0.2, 0) is 4.79 Å². The van der Waals surface area contributed by atoms with Gasteiger partial charge < -0.3 is 15.6 Å². The van der Waals surface area contributed by atoms with Crippen molar-refractivity contribution in [3.63, 3.8) is 0 Å². The Morgan fingerprint density at radius 1 is 1.57 bits per heavy atom. The predicted molar refractivity (Wildman–Crippen MR) is 52.9 cm³/mol. The molecule has 74 valence electrons. The summed E-state index contributed by atoms with van der Waals surface area (Å²) in [7, 11) is 1.45. The summed E-state index contributed by atoms with van der Waals surface area (Å²) >= 11 is 0. The molecule has 0 spiro atoms. The number of rotatable bonds is 3. The van der Waals surface area contributed by atoms with Crippen molar-refractivity contribution in [3.8, 4) is 11.5 Å². The van der Waals surface area contributed by atoms with Crippen molar-refractivity contribution in [2.75, 3.05) is 7.11 Å². The smallest absolute Gasteiger partial charge is 0.241 e. The van der Waals surface area contributed by atoms with E-state index in [2.05, 4.69) is 0 Å². The zero-order valence-corrected chi connectivity index (χ0v) is 7.73. The molecule has 0 aromatic heterocycles. The normalized spacial score (nSPS) is 10.4. The van der Waals surface area contributed by atoms with E-state index in [0.29, 0.717) is 11.3 Å². The lowest BCUT2D eigenvalue weighted by molar-refractivity contribution is -0.113. The Kier molecular flexibility index (Phi) is 3.12. The Labute approximate surface area is 81.6 Å². The van der Waals surface area contributed by atoms with E-state index in [4.69, 9.17) is 10.5 Å². The van der Waals surface area contributed by atoms with Gasteiger partial charge in [-0.15, -0.1) is 0 Å². The maximum absolute atomic E-state index is 10.5. The molecular weight excluding hydrogens is 182 g/mol. The molecule has 0 fully saturated rings. The number of hydrogen-bond acceptors (Lipinski definition) is 3. The van der Waals surface area contributed by atoms with Crippen molar-refractivity contribution < 1.29 is 14.6 Å². The van der Waals surface area contributed by atoms with Gasteiger partial charge in [0.15, 0.2) is 11.5 Å². The highest BCUT2D eigenvalue weighted by Gasteiger charge is 2.03. The van der Waals surface area contributed by atoms with Crippen molar-refractivity contribution in [3.05, 3.63) is 29.8 Å². The van der Waals surface area contributed by atoms with E-state index < -0.39 is 5.91 Å². The number of aromatic hydroxyl groups is 1. The van der Waals surface area contributed by atoms with Crippen LogP contribution >= 0.6 is 0 Å². The zero-order valence-electron chi connectivity index (χ0n) is 7.73. The first-order valence-electron chi connectivity index (χ1n) is 3.98. The molecule has 0 unspecified atom stereocenters. The lowest BCUT2D eigenvalue weighted by Crippen LogP contribution is -2.05. The average molecular weight is 193 g/mol. The molecule has 3 N–H and O–H groups in total. The van der Waals surface area contributed by atoms with Crippen LogP contribution in [0.4, 0.5) is 0 Å². The molecule has 0 aliphatic rings. The molecule has 4 heteroatoms. The first kappa shape index (κ1) is 10.1. The van der Waals surface area contributed by atoms with Crippen molar-refractivity contribution in [2.45, 2.75) is 0 Å². The number of phenols is 1. The largest absolute Gasteiger partial charge is 0.504 e. The predicted octanol–water partition coefficient (Wildman–Crippen LogP) is 0.899. The van der Waals surface area contributed by atoms with Gasteiger partial charge in [-0.05, 0) is 12.1 Å². The summed E-state index contributed by atoms with van der Waals surface area (Å²) in [6.07, 6.45) is 2.61. The Morgan fingerprint density at radius 2 is 2.29 bits per heavy atom. The van der Waals surface area contributed by atoms with E-state index in [1.807, 2.05) is 0 Å². The van der Waals surface area contributed by atoms with E-state index in [0.717, 1.165) is 0 Å². The summed E-state index contributed by atoms with van der Waals surface area (Å²) in [6.45, 7) is 0. The minimum absolute atomic E-state index is 0.00694. The second kappa shape index (κ2) is 4.32. The molecule has 1 aromatic carbocycles. The number of hydrogen-bond donors (Lipinski definition) is 2. The van der Waals surface area contributed by atoms with Gasteiger partial charge in [-0.2, -0.15) is 0 Å². The molecule has 4 nitrogen and oxygen atoms in total. The van der Waals surface area contributed by atoms with Crippen LogP contribution < -0.4 is 10.5 Å². The van der Waals surface area contributed by atoms with Crippen LogP contribution in [0.1, 0.15) is 5.56 Å². The third-order valence-corrected chi connectivity index (χ3v) is 1.68. The number of amides is 1. The molecule has 1 amide bonds. The van der Waals surface area contributed by atoms with Crippen LogP contribution in [0.5, 0.6) is 11.5 Å². The topological polar surface area (TPSA) is 72.5 Å². The zero-order chi connectivity index (χ0) is 10.6. The van der Waals surface area contributed by atoms with Gasteiger partial charge in [-0.25, -0.2) is 0 Å². The lowest BCUT2D eigenvalue weighted by atomic mass is 10.1. The molecular formula is C10H11NO3. The van der Waals surface area contributed by atoms with Gasteiger partial charge in [-0.1, -0.05) is 12.1 Å². The minimum Gasteiger partial charge on any atom is -0.504 e. The summed E-state index contributed by atoms with van der Waals surface area (Å²) in [5.41, 5.74) is 5.41. The van der Waals surface area contributed by atoms with Crippen LogP contribution in [0, 0.1) is 0 Å². The summed E-state index contributed by atoms with van der Waals surface area (Å²) in [6, 6.07) is 4.98. The summed E-state index contributed by atoms with van der Waals surface area (Å²) in [4.78, 5) is 10.5. The maximum Gasteiger partial charge on any atom is 0.241 e. The fraction of sp³-hybridized carbons (Fsp3) is 0.100. The van der Waals surface area contributed by atoms with Gasteiger partial charge in [-0.3, -0.25) is 4.79 Å². The standard InChI is InChI=1S/C10H11NO3/c1-14-8-4-2-3-7(10(8)13)5-6-9(11)12/h2-6,13H,1H3,(H2,11,12)/b6-5+. The lowest BCUT2D eigenvalue weighted by Gasteiger charge is -2.04. The molecule has 0 bridgehead atoms. The number of nitrogens with two attached hydrogens (primary N) is 1. The van der Waals surface area contributed by atoms with Crippen molar-refractivity contribution in [1.29, 1.82) is 0 Å². The number of primary amides is 1. The van der Waals surface area contributed by atoms with E-state index in [1.165, 1.54) is 19.3 Å². The maximum atomic E-state index is 10.5. The van der Waals surface area contributed by atoms with E-state index in [1.54, 1.807) is 18.2 Å². The SMILES string of the molecule is COc1cccc(/C=C/C(N)=O)c1O. The number of carbonyl (C=O) groups is 1. The van der Waals surface area contributed by atoms with Crippen LogP contribution in [0.15, 0.2) is 24.3 Å². The molecule has 1 aromatic rings. The molecule has 0 saturated heterocycles. The fourth-order valence-electron chi connectivity index (χ4n) is 1.01. The highest BCUT2D eigenvalue weighted by atomic mass is 16.5. The van der Waals surface area contributed by atoms with E-state index in [9.17, 15) is 9.90 Å². The molecule has 0 aliphatic heterocycles. The summed E-state index contributed by atoms with van der Waals surface area (Å²) in [5.74, 6) is -0.212. The molecule has 0 radical (unpaired) electrons. The number of phenolic OH excluding ortho intramolecular Hbond substituents is 1. The molecule has 1 rings (SSSR count). The number of ether oxygens (including phenoxy) is 1. The van der Waals surface area contributed by atoms with Gasteiger partial charge in [0.25, 0.3) is 0 Å².